The van der Waals surface area contributed by atoms with Gasteiger partial charge in [0.25, 0.3) is 0 Å². The SMILES string of the molecule is C=C(CC[C@@H](C)[C@H]1CC[C@@H](C2=C[C@H](O)[C@H]3C[C@@H](O)CC[C@]3(C)C2=O)[C@@]1(C)CCOC(C)=O)C(C)C. The molecular weight excluding hydrogens is 440 g/mol. The first kappa shape index (κ1) is 28.1. The van der Waals surface area contributed by atoms with Gasteiger partial charge in [-0.05, 0) is 92.1 Å². The van der Waals surface area contributed by atoms with Crippen molar-refractivity contribution in [3.8, 4) is 0 Å². The van der Waals surface area contributed by atoms with Gasteiger partial charge in [-0.3, -0.25) is 9.59 Å². The first-order valence-corrected chi connectivity index (χ1v) is 13.7. The van der Waals surface area contributed by atoms with Gasteiger partial charge in [0.15, 0.2) is 5.78 Å². The number of Topliss-reactive ketones (excluding diaryl/α,β-unsaturated/α-hetero) is 1. The molecule has 2 saturated carbocycles. The fourth-order valence-electron chi connectivity index (χ4n) is 7.49. The Balaban J connectivity index is 1.89. The molecule has 0 aliphatic heterocycles. The van der Waals surface area contributed by atoms with E-state index < -0.39 is 17.6 Å². The zero-order valence-corrected chi connectivity index (χ0v) is 22.8. The Morgan fingerprint density at radius 3 is 2.51 bits per heavy atom. The van der Waals surface area contributed by atoms with Crippen molar-refractivity contribution in [3.05, 3.63) is 23.8 Å². The fraction of sp³-hybridized carbons (Fsp3) is 0.800. The van der Waals surface area contributed by atoms with Crippen LogP contribution in [-0.2, 0) is 14.3 Å². The Bertz CT molecular complexity index is 844. The summed E-state index contributed by atoms with van der Waals surface area (Å²) >= 11 is 0. The molecule has 0 unspecified atom stereocenters. The first-order chi connectivity index (χ1) is 16.3. The number of carbonyl (C=O) groups excluding carboxylic acids is 2. The van der Waals surface area contributed by atoms with Crippen LogP contribution in [-0.4, -0.2) is 40.8 Å². The number of hydrogen-bond acceptors (Lipinski definition) is 5. The Hall–Kier alpha value is -1.46. The summed E-state index contributed by atoms with van der Waals surface area (Å²) in [5.74, 6) is 1.01. The third-order valence-corrected chi connectivity index (χ3v) is 10.0. The van der Waals surface area contributed by atoms with Crippen molar-refractivity contribution in [2.45, 2.75) is 105 Å². The topological polar surface area (TPSA) is 83.8 Å². The molecule has 2 N–H and O–H groups in total. The minimum atomic E-state index is -0.716. The standard InChI is InChI=1S/C30H48O5/c1-18(2)19(3)8-9-20(4)24-10-11-25(29(24,6)14-15-35-21(5)31)23-17-27(33)26-16-22(32)12-13-30(26,7)28(23)34/h17-18,20,22,24-27,32-33H,3,8-16H2,1-2,4-7H3/t20-,22+,24-,25+,26-,27+,29+,30+/m1/s1. The van der Waals surface area contributed by atoms with Gasteiger partial charge < -0.3 is 14.9 Å². The third kappa shape index (κ3) is 5.61. The van der Waals surface area contributed by atoms with Crippen LogP contribution >= 0.6 is 0 Å². The first-order valence-electron chi connectivity index (χ1n) is 13.7. The van der Waals surface area contributed by atoms with Crippen molar-refractivity contribution in [1.82, 2.24) is 0 Å². The molecule has 0 bridgehead atoms. The predicted molar refractivity (Wildman–Crippen MR) is 138 cm³/mol. The van der Waals surface area contributed by atoms with E-state index in [0.717, 1.165) is 31.3 Å². The van der Waals surface area contributed by atoms with E-state index in [1.165, 1.54) is 12.5 Å². The number of rotatable bonds is 9. The minimum absolute atomic E-state index is 0.0329. The van der Waals surface area contributed by atoms with Crippen molar-refractivity contribution in [2.75, 3.05) is 6.61 Å². The molecule has 2 fully saturated rings. The highest BCUT2D eigenvalue weighted by Gasteiger charge is 2.56. The zero-order valence-electron chi connectivity index (χ0n) is 22.8. The number of hydrogen-bond donors (Lipinski definition) is 2. The number of esters is 1. The summed E-state index contributed by atoms with van der Waals surface area (Å²) in [6.45, 7) is 17.0. The molecule has 5 nitrogen and oxygen atoms in total. The fourth-order valence-corrected chi connectivity index (χ4v) is 7.49. The van der Waals surface area contributed by atoms with Gasteiger partial charge in [-0.2, -0.15) is 0 Å². The van der Waals surface area contributed by atoms with E-state index >= 15 is 0 Å². The van der Waals surface area contributed by atoms with Crippen molar-refractivity contribution in [3.63, 3.8) is 0 Å². The van der Waals surface area contributed by atoms with Crippen LogP contribution in [0.15, 0.2) is 23.8 Å². The summed E-state index contributed by atoms with van der Waals surface area (Å²) in [4.78, 5) is 25.5. The maximum atomic E-state index is 14.0. The predicted octanol–water partition coefficient (Wildman–Crippen LogP) is 5.64. The largest absolute Gasteiger partial charge is 0.466 e. The molecule has 35 heavy (non-hydrogen) atoms. The van der Waals surface area contributed by atoms with Crippen molar-refractivity contribution < 1.29 is 24.5 Å². The smallest absolute Gasteiger partial charge is 0.302 e. The van der Waals surface area contributed by atoms with Crippen LogP contribution in [0.25, 0.3) is 0 Å². The normalized spacial score (nSPS) is 38.1. The average Bonchev–Trinajstić information content (AvgIpc) is 3.12. The van der Waals surface area contributed by atoms with Crippen LogP contribution in [0.5, 0.6) is 0 Å². The summed E-state index contributed by atoms with van der Waals surface area (Å²) < 4.78 is 5.39. The number of aliphatic hydroxyl groups excluding tert-OH is 2. The minimum Gasteiger partial charge on any atom is -0.466 e. The van der Waals surface area contributed by atoms with Crippen LogP contribution in [0.1, 0.15) is 92.9 Å². The highest BCUT2D eigenvalue weighted by molar-refractivity contribution is 6.01. The number of fused-ring (bicyclic) bond motifs is 1. The van der Waals surface area contributed by atoms with Crippen LogP contribution in [0.3, 0.4) is 0 Å². The summed E-state index contributed by atoms with van der Waals surface area (Å²) in [6.07, 6.45) is 7.04. The molecule has 0 heterocycles. The maximum Gasteiger partial charge on any atom is 0.302 e. The van der Waals surface area contributed by atoms with Crippen LogP contribution in [0, 0.1) is 40.4 Å². The molecule has 0 radical (unpaired) electrons. The monoisotopic (exact) mass is 488 g/mol. The second-order valence-corrected chi connectivity index (χ2v) is 12.6. The molecule has 3 rings (SSSR count). The average molecular weight is 489 g/mol. The van der Waals surface area contributed by atoms with Gasteiger partial charge in [0.1, 0.15) is 0 Å². The number of carbonyl (C=O) groups is 2. The van der Waals surface area contributed by atoms with Gasteiger partial charge in [0.2, 0.25) is 0 Å². The lowest BCUT2D eigenvalue weighted by atomic mass is 9.55. The van der Waals surface area contributed by atoms with E-state index in [9.17, 15) is 19.8 Å². The molecule has 3 aliphatic rings. The second kappa shape index (κ2) is 10.9. The number of ether oxygens (including phenoxy) is 1. The van der Waals surface area contributed by atoms with E-state index in [0.29, 0.717) is 50.0 Å². The third-order valence-electron chi connectivity index (χ3n) is 10.0. The Kier molecular flexibility index (Phi) is 8.74. The summed E-state index contributed by atoms with van der Waals surface area (Å²) in [7, 11) is 0. The quantitative estimate of drug-likeness (QED) is 0.324. The molecule has 0 saturated heterocycles. The highest BCUT2D eigenvalue weighted by Crippen LogP contribution is 2.59. The van der Waals surface area contributed by atoms with Crippen molar-refractivity contribution >= 4 is 11.8 Å². The summed E-state index contributed by atoms with van der Waals surface area (Å²) in [5.41, 5.74) is 1.23. The second-order valence-electron chi connectivity index (χ2n) is 12.6. The molecule has 8 atom stereocenters. The van der Waals surface area contributed by atoms with E-state index in [-0.39, 0.29) is 29.0 Å². The lowest BCUT2D eigenvalue weighted by Gasteiger charge is -2.49. The number of ketones is 1. The van der Waals surface area contributed by atoms with Crippen molar-refractivity contribution in [2.24, 2.45) is 40.4 Å². The van der Waals surface area contributed by atoms with E-state index in [1.807, 2.05) is 13.0 Å². The van der Waals surface area contributed by atoms with Crippen LogP contribution in [0.4, 0.5) is 0 Å². The van der Waals surface area contributed by atoms with Crippen molar-refractivity contribution in [1.29, 1.82) is 0 Å². The van der Waals surface area contributed by atoms with Crippen LogP contribution < -0.4 is 0 Å². The Morgan fingerprint density at radius 2 is 1.89 bits per heavy atom. The van der Waals surface area contributed by atoms with Gasteiger partial charge in [-0.25, -0.2) is 0 Å². The molecule has 0 amide bonds. The van der Waals surface area contributed by atoms with Gasteiger partial charge in [0, 0.05) is 18.3 Å². The Labute approximate surface area is 212 Å². The number of allylic oxidation sites excluding steroid dienone is 2. The molecule has 0 aromatic heterocycles. The maximum absolute atomic E-state index is 14.0. The van der Waals surface area contributed by atoms with Gasteiger partial charge >= 0.3 is 5.97 Å². The molecule has 3 aliphatic carbocycles. The lowest BCUT2D eigenvalue weighted by Crippen LogP contribution is -2.52. The molecule has 198 valence electrons. The van der Waals surface area contributed by atoms with E-state index in [1.54, 1.807) is 0 Å². The van der Waals surface area contributed by atoms with Gasteiger partial charge in [-0.15, -0.1) is 0 Å². The molecule has 0 aromatic carbocycles. The zero-order chi connectivity index (χ0) is 26.1. The summed E-state index contributed by atoms with van der Waals surface area (Å²) in [5, 5.41) is 21.3. The Morgan fingerprint density at radius 1 is 1.20 bits per heavy atom. The van der Waals surface area contributed by atoms with E-state index in [4.69, 9.17) is 4.74 Å². The lowest BCUT2D eigenvalue weighted by molar-refractivity contribution is -0.143. The van der Waals surface area contributed by atoms with Gasteiger partial charge in [-0.1, -0.05) is 46.8 Å². The molecular formula is C30H48O5. The van der Waals surface area contributed by atoms with E-state index in [2.05, 4.69) is 34.3 Å². The number of aliphatic hydroxyl groups is 2. The molecule has 0 spiro atoms. The van der Waals surface area contributed by atoms with Gasteiger partial charge in [0.05, 0.1) is 18.8 Å². The molecule has 0 aromatic rings. The molecule has 5 heteroatoms. The highest BCUT2D eigenvalue weighted by atomic mass is 16.5. The van der Waals surface area contributed by atoms with Crippen LogP contribution in [0.2, 0.25) is 0 Å². The summed E-state index contributed by atoms with van der Waals surface area (Å²) in [6, 6.07) is 0.